The molecule has 0 amide bonds. The molecule has 1 aromatic carbocycles. The van der Waals surface area contributed by atoms with Crippen molar-refractivity contribution in [2.45, 2.75) is 26.2 Å². The normalized spacial score (nSPS) is 10.2. The maximum atomic E-state index is 10.4. The molecule has 0 atom stereocenters. The fourth-order valence-corrected chi connectivity index (χ4v) is 1.96. The van der Waals surface area contributed by atoms with Gasteiger partial charge in [-0.2, -0.15) is 0 Å². The molecule has 88 valence electrons. The number of ether oxygens (including phenoxy) is 1. The van der Waals surface area contributed by atoms with Crippen molar-refractivity contribution < 1.29 is 14.6 Å². The van der Waals surface area contributed by atoms with Gasteiger partial charge < -0.3 is 9.84 Å². The van der Waals surface area contributed by atoms with E-state index in [1.165, 1.54) is 0 Å². The number of hydrogen-bond donors (Lipinski definition) is 1. The van der Waals surface area contributed by atoms with Gasteiger partial charge in [0.2, 0.25) is 0 Å². The number of rotatable bonds is 5. The van der Waals surface area contributed by atoms with E-state index in [0.29, 0.717) is 6.42 Å². The molecule has 0 heterocycles. The molecule has 0 aliphatic heterocycles. The molecule has 0 spiro atoms. The van der Waals surface area contributed by atoms with E-state index in [-0.39, 0.29) is 6.42 Å². The number of benzene rings is 1. The third kappa shape index (κ3) is 3.52. The maximum Gasteiger partial charge on any atom is 0.303 e. The number of aryl methyl sites for hydroxylation is 2. The number of hydrogen-bond acceptors (Lipinski definition) is 2. The van der Waals surface area contributed by atoms with Gasteiger partial charge in [-0.25, -0.2) is 0 Å². The minimum absolute atomic E-state index is 0.197. The Kier molecular flexibility index (Phi) is 4.80. The number of carboxylic acid groups (broad SMARTS) is 1. The van der Waals surface area contributed by atoms with Crippen LogP contribution in [0.2, 0.25) is 0 Å². The number of carbonyl (C=O) groups is 1. The SMILES string of the molecule is COc1cc(C)c(Br)c(CCCC(=O)O)c1. The van der Waals surface area contributed by atoms with E-state index < -0.39 is 5.97 Å². The average molecular weight is 287 g/mol. The molecule has 0 saturated carbocycles. The molecule has 0 unspecified atom stereocenters. The third-order valence-electron chi connectivity index (χ3n) is 2.38. The molecule has 16 heavy (non-hydrogen) atoms. The lowest BCUT2D eigenvalue weighted by atomic mass is 10.1. The lowest BCUT2D eigenvalue weighted by Gasteiger charge is -2.09. The van der Waals surface area contributed by atoms with Crippen molar-refractivity contribution in [3.8, 4) is 5.75 Å². The largest absolute Gasteiger partial charge is 0.497 e. The summed E-state index contributed by atoms with van der Waals surface area (Å²) in [5.41, 5.74) is 2.20. The van der Waals surface area contributed by atoms with Crippen molar-refractivity contribution >= 4 is 21.9 Å². The van der Waals surface area contributed by atoms with Gasteiger partial charge in [-0.3, -0.25) is 4.79 Å². The highest BCUT2D eigenvalue weighted by Gasteiger charge is 2.07. The number of methoxy groups -OCH3 is 1. The molecule has 0 aromatic heterocycles. The zero-order valence-electron chi connectivity index (χ0n) is 9.42. The van der Waals surface area contributed by atoms with Crippen molar-refractivity contribution in [3.05, 3.63) is 27.7 Å². The molecular weight excluding hydrogens is 272 g/mol. The Morgan fingerprint density at radius 2 is 2.19 bits per heavy atom. The highest BCUT2D eigenvalue weighted by molar-refractivity contribution is 9.10. The quantitative estimate of drug-likeness (QED) is 0.904. The minimum Gasteiger partial charge on any atom is -0.497 e. The van der Waals surface area contributed by atoms with Crippen LogP contribution >= 0.6 is 15.9 Å². The lowest BCUT2D eigenvalue weighted by Crippen LogP contribution is -1.97. The van der Waals surface area contributed by atoms with Gasteiger partial charge in [-0.1, -0.05) is 15.9 Å². The topological polar surface area (TPSA) is 46.5 Å². The minimum atomic E-state index is -0.754. The van der Waals surface area contributed by atoms with Gasteiger partial charge in [-0.15, -0.1) is 0 Å². The smallest absolute Gasteiger partial charge is 0.303 e. The summed E-state index contributed by atoms with van der Waals surface area (Å²) in [7, 11) is 1.63. The van der Waals surface area contributed by atoms with Crippen LogP contribution in [0.5, 0.6) is 5.75 Å². The summed E-state index contributed by atoms with van der Waals surface area (Å²) in [6, 6.07) is 3.89. The van der Waals surface area contributed by atoms with E-state index in [2.05, 4.69) is 15.9 Å². The molecule has 0 saturated heterocycles. The summed E-state index contributed by atoms with van der Waals surface area (Å²) in [5.74, 6) is 0.0572. The molecule has 0 aliphatic rings. The summed E-state index contributed by atoms with van der Waals surface area (Å²) in [4.78, 5) is 10.4. The van der Waals surface area contributed by atoms with E-state index in [9.17, 15) is 4.79 Å². The van der Waals surface area contributed by atoms with Gasteiger partial charge in [0.25, 0.3) is 0 Å². The summed E-state index contributed by atoms with van der Waals surface area (Å²) in [5, 5.41) is 8.58. The van der Waals surface area contributed by atoms with Crippen LogP contribution in [0.1, 0.15) is 24.0 Å². The third-order valence-corrected chi connectivity index (χ3v) is 3.51. The number of aliphatic carboxylic acids is 1. The highest BCUT2D eigenvalue weighted by Crippen LogP contribution is 2.28. The predicted molar refractivity (Wildman–Crippen MR) is 66.0 cm³/mol. The molecule has 1 rings (SSSR count). The lowest BCUT2D eigenvalue weighted by molar-refractivity contribution is -0.137. The maximum absolute atomic E-state index is 10.4. The number of carboxylic acids is 1. The van der Waals surface area contributed by atoms with Crippen LogP contribution < -0.4 is 4.74 Å². The first-order chi connectivity index (χ1) is 7.54. The molecule has 1 aromatic rings. The van der Waals surface area contributed by atoms with Crippen LogP contribution in [0.4, 0.5) is 0 Å². The zero-order chi connectivity index (χ0) is 12.1. The Morgan fingerprint density at radius 3 is 2.75 bits per heavy atom. The summed E-state index contributed by atoms with van der Waals surface area (Å²) >= 11 is 3.51. The van der Waals surface area contributed by atoms with E-state index in [0.717, 1.165) is 27.8 Å². The van der Waals surface area contributed by atoms with Gasteiger partial charge in [0.15, 0.2) is 0 Å². The Hall–Kier alpha value is -1.03. The van der Waals surface area contributed by atoms with Crippen LogP contribution in [-0.4, -0.2) is 18.2 Å². The van der Waals surface area contributed by atoms with Crippen molar-refractivity contribution in [2.24, 2.45) is 0 Å². The first-order valence-corrected chi connectivity index (χ1v) is 5.88. The van der Waals surface area contributed by atoms with Crippen LogP contribution in [0.3, 0.4) is 0 Å². The van der Waals surface area contributed by atoms with Crippen molar-refractivity contribution in [2.75, 3.05) is 7.11 Å². The predicted octanol–water partition coefficient (Wildman–Crippen LogP) is 3.17. The second-order valence-corrected chi connectivity index (χ2v) is 4.46. The van der Waals surface area contributed by atoms with E-state index in [1.54, 1.807) is 7.11 Å². The molecular formula is C12H15BrO3. The Morgan fingerprint density at radius 1 is 1.50 bits per heavy atom. The molecule has 0 radical (unpaired) electrons. The van der Waals surface area contributed by atoms with E-state index in [4.69, 9.17) is 9.84 Å². The van der Waals surface area contributed by atoms with Gasteiger partial charge in [0.05, 0.1) is 7.11 Å². The van der Waals surface area contributed by atoms with Crippen LogP contribution in [0, 0.1) is 6.92 Å². The van der Waals surface area contributed by atoms with Crippen LogP contribution in [0.25, 0.3) is 0 Å². The van der Waals surface area contributed by atoms with Gasteiger partial charge >= 0.3 is 5.97 Å². The zero-order valence-corrected chi connectivity index (χ0v) is 11.0. The Bertz CT molecular complexity index is 388. The van der Waals surface area contributed by atoms with Crippen molar-refractivity contribution in [1.82, 2.24) is 0 Å². The fraction of sp³-hybridized carbons (Fsp3) is 0.417. The van der Waals surface area contributed by atoms with Crippen molar-refractivity contribution in [3.63, 3.8) is 0 Å². The van der Waals surface area contributed by atoms with Crippen LogP contribution in [0.15, 0.2) is 16.6 Å². The molecule has 0 fully saturated rings. The molecule has 0 aliphatic carbocycles. The Labute approximate surface area is 104 Å². The first kappa shape index (κ1) is 13.0. The van der Waals surface area contributed by atoms with Gasteiger partial charge in [0, 0.05) is 10.9 Å². The summed E-state index contributed by atoms with van der Waals surface area (Å²) in [6.45, 7) is 1.99. The summed E-state index contributed by atoms with van der Waals surface area (Å²) in [6.07, 6.45) is 1.58. The standard InChI is InChI=1S/C12H15BrO3/c1-8-6-10(16-2)7-9(12(8)13)4-3-5-11(14)15/h6-7H,3-5H2,1-2H3,(H,14,15). The number of halogens is 1. The first-order valence-electron chi connectivity index (χ1n) is 5.09. The molecule has 0 bridgehead atoms. The van der Waals surface area contributed by atoms with Crippen molar-refractivity contribution in [1.29, 1.82) is 0 Å². The van der Waals surface area contributed by atoms with E-state index >= 15 is 0 Å². The van der Waals surface area contributed by atoms with Gasteiger partial charge in [-0.05, 0) is 43.0 Å². The Balaban J connectivity index is 2.78. The average Bonchev–Trinajstić information content (AvgIpc) is 2.23. The monoisotopic (exact) mass is 286 g/mol. The second-order valence-electron chi connectivity index (χ2n) is 3.66. The van der Waals surface area contributed by atoms with Crippen LogP contribution in [-0.2, 0) is 11.2 Å². The van der Waals surface area contributed by atoms with E-state index in [1.807, 2.05) is 19.1 Å². The molecule has 1 N–H and O–H groups in total. The molecule has 4 heteroatoms. The molecule has 3 nitrogen and oxygen atoms in total. The van der Waals surface area contributed by atoms with Gasteiger partial charge in [0.1, 0.15) is 5.75 Å². The fourth-order valence-electron chi connectivity index (χ4n) is 1.54. The second kappa shape index (κ2) is 5.89. The summed E-state index contributed by atoms with van der Waals surface area (Å²) < 4.78 is 6.22. The highest BCUT2D eigenvalue weighted by atomic mass is 79.9.